The summed E-state index contributed by atoms with van der Waals surface area (Å²) in [7, 11) is 3.79. The SMILES string of the molecule is COc1cc(CN2CCN(C)C(C)C2)ccc1C(=N)N. The van der Waals surface area contributed by atoms with E-state index in [9.17, 15) is 0 Å². The van der Waals surface area contributed by atoms with Gasteiger partial charge in [0.15, 0.2) is 0 Å². The Morgan fingerprint density at radius 2 is 2.20 bits per heavy atom. The van der Waals surface area contributed by atoms with Crippen molar-refractivity contribution in [1.82, 2.24) is 9.80 Å². The average molecular weight is 276 g/mol. The number of ether oxygens (including phenoxy) is 1. The molecule has 1 aliphatic heterocycles. The number of hydrogen-bond donors (Lipinski definition) is 2. The van der Waals surface area contributed by atoms with E-state index in [0.717, 1.165) is 26.2 Å². The molecule has 1 atom stereocenters. The molecule has 2 rings (SSSR count). The zero-order valence-electron chi connectivity index (χ0n) is 12.5. The maximum absolute atomic E-state index is 7.53. The topological polar surface area (TPSA) is 65.6 Å². The number of nitrogens with zero attached hydrogens (tertiary/aromatic N) is 2. The van der Waals surface area contributed by atoms with Crippen molar-refractivity contribution in [2.24, 2.45) is 5.73 Å². The molecule has 0 amide bonds. The fourth-order valence-corrected chi connectivity index (χ4v) is 2.58. The number of nitrogen functional groups attached to an aromatic ring is 1. The van der Waals surface area contributed by atoms with Crippen LogP contribution < -0.4 is 10.5 Å². The van der Waals surface area contributed by atoms with Crippen molar-refractivity contribution in [3.8, 4) is 5.75 Å². The predicted octanol–water partition coefficient (Wildman–Crippen LogP) is 1.12. The summed E-state index contributed by atoms with van der Waals surface area (Å²) < 4.78 is 5.33. The summed E-state index contributed by atoms with van der Waals surface area (Å²) in [5.41, 5.74) is 7.40. The van der Waals surface area contributed by atoms with Gasteiger partial charge in [0.05, 0.1) is 12.7 Å². The highest BCUT2D eigenvalue weighted by Gasteiger charge is 2.20. The molecule has 3 N–H and O–H groups in total. The van der Waals surface area contributed by atoms with Gasteiger partial charge in [0.2, 0.25) is 0 Å². The highest BCUT2D eigenvalue weighted by Crippen LogP contribution is 2.21. The monoisotopic (exact) mass is 276 g/mol. The Kier molecular flexibility index (Phi) is 4.62. The van der Waals surface area contributed by atoms with Gasteiger partial charge in [-0.1, -0.05) is 6.07 Å². The van der Waals surface area contributed by atoms with Gasteiger partial charge in [-0.05, 0) is 31.7 Å². The molecule has 0 radical (unpaired) electrons. The number of nitrogens with one attached hydrogen (secondary N) is 1. The van der Waals surface area contributed by atoms with E-state index in [2.05, 4.69) is 23.8 Å². The van der Waals surface area contributed by atoms with Crippen LogP contribution in [0.2, 0.25) is 0 Å². The van der Waals surface area contributed by atoms with E-state index >= 15 is 0 Å². The van der Waals surface area contributed by atoms with E-state index in [4.69, 9.17) is 15.9 Å². The lowest BCUT2D eigenvalue weighted by Gasteiger charge is -2.37. The molecule has 5 heteroatoms. The van der Waals surface area contributed by atoms with Crippen molar-refractivity contribution in [1.29, 1.82) is 5.41 Å². The van der Waals surface area contributed by atoms with Gasteiger partial charge in [-0.2, -0.15) is 0 Å². The van der Waals surface area contributed by atoms with Gasteiger partial charge in [-0.3, -0.25) is 10.3 Å². The van der Waals surface area contributed by atoms with Crippen LogP contribution in [-0.2, 0) is 6.54 Å². The molecule has 0 spiro atoms. The molecule has 1 aromatic carbocycles. The summed E-state index contributed by atoms with van der Waals surface area (Å²) in [6.07, 6.45) is 0. The molecule has 0 bridgehead atoms. The third kappa shape index (κ3) is 3.29. The number of piperazine rings is 1. The van der Waals surface area contributed by atoms with E-state index in [-0.39, 0.29) is 5.84 Å². The smallest absolute Gasteiger partial charge is 0.130 e. The molecule has 1 fully saturated rings. The lowest BCUT2D eigenvalue weighted by molar-refractivity contribution is 0.0999. The third-order valence-electron chi connectivity index (χ3n) is 4.01. The molecule has 0 saturated carbocycles. The second-order valence-electron chi connectivity index (χ2n) is 5.51. The van der Waals surface area contributed by atoms with Crippen molar-refractivity contribution >= 4 is 5.84 Å². The minimum atomic E-state index is 0.0432. The first kappa shape index (κ1) is 14.8. The molecule has 1 saturated heterocycles. The number of methoxy groups -OCH3 is 1. The van der Waals surface area contributed by atoms with Crippen LogP contribution in [0, 0.1) is 5.41 Å². The molecule has 1 heterocycles. The number of nitrogens with two attached hydrogens (primary N) is 1. The van der Waals surface area contributed by atoms with Gasteiger partial charge in [0, 0.05) is 32.2 Å². The molecule has 0 aliphatic carbocycles. The maximum atomic E-state index is 7.53. The summed E-state index contributed by atoms with van der Waals surface area (Å²) in [5.74, 6) is 0.721. The first-order valence-electron chi connectivity index (χ1n) is 6.95. The van der Waals surface area contributed by atoms with Crippen molar-refractivity contribution in [3.63, 3.8) is 0 Å². The molecule has 1 aromatic rings. The molecular weight excluding hydrogens is 252 g/mol. The van der Waals surface area contributed by atoms with Crippen LogP contribution in [0.25, 0.3) is 0 Å². The molecule has 1 unspecified atom stereocenters. The Hall–Kier alpha value is -1.59. The van der Waals surface area contributed by atoms with E-state index < -0.39 is 0 Å². The highest BCUT2D eigenvalue weighted by molar-refractivity contribution is 5.97. The maximum Gasteiger partial charge on any atom is 0.130 e. The number of amidine groups is 1. The predicted molar refractivity (Wildman–Crippen MR) is 81.4 cm³/mol. The Labute approximate surface area is 120 Å². The number of benzene rings is 1. The number of likely N-dealkylation sites (N-methyl/N-ethyl adjacent to an activating group) is 1. The molecule has 20 heavy (non-hydrogen) atoms. The van der Waals surface area contributed by atoms with Crippen LogP contribution in [0.15, 0.2) is 18.2 Å². The fraction of sp³-hybridized carbons (Fsp3) is 0.533. The van der Waals surface area contributed by atoms with E-state index in [0.29, 0.717) is 17.4 Å². The summed E-state index contributed by atoms with van der Waals surface area (Å²) in [5, 5.41) is 7.53. The first-order chi connectivity index (χ1) is 9.51. The minimum Gasteiger partial charge on any atom is -0.496 e. The number of rotatable bonds is 4. The van der Waals surface area contributed by atoms with Gasteiger partial charge >= 0.3 is 0 Å². The van der Waals surface area contributed by atoms with Gasteiger partial charge in [0.1, 0.15) is 11.6 Å². The molecule has 0 aromatic heterocycles. The summed E-state index contributed by atoms with van der Waals surface area (Å²) in [6.45, 7) is 6.42. The van der Waals surface area contributed by atoms with Crippen molar-refractivity contribution in [2.45, 2.75) is 19.5 Å². The molecular formula is C15H24N4O. The van der Waals surface area contributed by atoms with Gasteiger partial charge in [-0.25, -0.2) is 0 Å². The second kappa shape index (κ2) is 6.24. The van der Waals surface area contributed by atoms with Crippen LogP contribution in [0.1, 0.15) is 18.1 Å². The Bertz CT molecular complexity index is 489. The van der Waals surface area contributed by atoms with Crippen LogP contribution >= 0.6 is 0 Å². The third-order valence-corrected chi connectivity index (χ3v) is 4.01. The summed E-state index contributed by atoms with van der Waals surface area (Å²) in [6, 6.07) is 6.47. The lowest BCUT2D eigenvalue weighted by atomic mass is 10.1. The zero-order valence-corrected chi connectivity index (χ0v) is 12.5. The molecule has 5 nitrogen and oxygen atoms in total. The van der Waals surface area contributed by atoms with Crippen molar-refractivity contribution < 1.29 is 4.74 Å². The van der Waals surface area contributed by atoms with Crippen molar-refractivity contribution in [2.75, 3.05) is 33.8 Å². The summed E-state index contributed by atoms with van der Waals surface area (Å²) >= 11 is 0. The Balaban J connectivity index is 2.08. The quantitative estimate of drug-likeness (QED) is 0.639. The van der Waals surface area contributed by atoms with Gasteiger partial charge in [0.25, 0.3) is 0 Å². The standard InChI is InChI=1S/C15H24N4O/c1-11-9-19(7-6-18(11)2)10-12-4-5-13(15(16)17)14(8-12)20-3/h4-5,8,11H,6-7,9-10H2,1-3H3,(H3,16,17). The van der Waals surface area contributed by atoms with E-state index in [1.807, 2.05) is 18.2 Å². The van der Waals surface area contributed by atoms with Crippen molar-refractivity contribution in [3.05, 3.63) is 29.3 Å². The fourth-order valence-electron chi connectivity index (χ4n) is 2.58. The molecule has 110 valence electrons. The van der Waals surface area contributed by atoms with Gasteiger partial charge in [-0.15, -0.1) is 0 Å². The van der Waals surface area contributed by atoms with Crippen LogP contribution in [-0.4, -0.2) is 55.5 Å². The van der Waals surface area contributed by atoms with E-state index in [1.165, 1.54) is 5.56 Å². The largest absolute Gasteiger partial charge is 0.496 e. The van der Waals surface area contributed by atoms with E-state index in [1.54, 1.807) is 7.11 Å². The highest BCUT2D eigenvalue weighted by atomic mass is 16.5. The molecule has 1 aliphatic rings. The zero-order chi connectivity index (χ0) is 14.7. The summed E-state index contributed by atoms with van der Waals surface area (Å²) in [4.78, 5) is 4.84. The van der Waals surface area contributed by atoms with Gasteiger partial charge < -0.3 is 15.4 Å². The minimum absolute atomic E-state index is 0.0432. The second-order valence-corrected chi connectivity index (χ2v) is 5.51. The van der Waals surface area contributed by atoms with Crippen LogP contribution in [0.4, 0.5) is 0 Å². The van der Waals surface area contributed by atoms with Crippen LogP contribution in [0.5, 0.6) is 5.75 Å². The number of hydrogen-bond acceptors (Lipinski definition) is 4. The van der Waals surface area contributed by atoms with Crippen LogP contribution in [0.3, 0.4) is 0 Å². The lowest BCUT2D eigenvalue weighted by Crippen LogP contribution is -2.49. The Morgan fingerprint density at radius 1 is 1.45 bits per heavy atom. The first-order valence-corrected chi connectivity index (χ1v) is 6.95. The normalized spacial score (nSPS) is 20.9. The average Bonchev–Trinajstić information content (AvgIpc) is 2.42. The Morgan fingerprint density at radius 3 is 2.80 bits per heavy atom.